The molecule has 4 amide bonds. The second-order valence-corrected chi connectivity index (χ2v) is 26.9. The lowest BCUT2D eigenvalue weighted by atomic mass is 10.1. The van der Waals surface area contributed by atoms with Crippen LogP contribution in [0.2, 0.25) is 36.3 Å². The minimum absolute atomic E-state index is 0.0283. The molecule has 0 fully saturated rings. The second-order valence-electron chi connectivity index (χ2n) is 17.3. The maximum absolute atomic E-state index is 13.8. The molecule has 4 N–H and O–H groups in total. The molecule has 0 bridgehead atoms. The van der Waals surface area contributed by atoms with E-state index in [4.69, 9.17) is 8.85 Å². The van der Waals surface area contributed by atoms with Crippen molar-refractivity contribution in [2.24, 2.45) is 0 Å². The number of likely N-dealkylation sites (N-methyl/N-ethyl adjacent to an activating group) is 1. The van der Waals surface area contributed by atoms with Crippen LogP contribution in [0.1, 0.15) is 78.9 Å². The highest BCUT2D eigenvalue weighted by Crippen LogP contribution is 2.38. The van der Waals surface area contributed by atoms with Gasteiger partial charge < -0.3 is 39.5 Å². The number of aliphatic carboxylic acids is 1. The lowest BCUT2D eigenvalue weighted by Gasteiger charge is -2.39. The van der Waals surface area contributed by atoms with Crippen LogP contribution in [0.5, 0.6) is 0 Å². The Morgan fingerprint density at radius 2 is 1.21 bits per heavy atom. The van der Waals surface area contributed by atoms with Gasteiger partial charge in [-0.3, -0.25) is 0 Å². The van der Waals surface area contributed by atoms with Crippen LogP contribution >= 0.6 is 0 Å². The van der Waals surface area contributed by atoms with Crippen LogP contribution in [0.3, 0.4) is 0 Å². The van der Waals surface area contributed by atoms with E-state index in [2.05, 4.69) is 44.5 Å². The van der Waals surface area contributed by atoms with Gasteiger partial charge in [0, 0.05) is 57.4 Å². The molecule has 0 aliphatic carbocycles. The molecule has 324 valence electrons. The van der Waals surface area contributed by atoms with E-state index in [0.29, 0.717) is 19.4 Å². The molecule has 2 aromatic carbocycles. The normalized spacial score (nSPS) is 13.8. The zero-order valence-corrected chi connectivity index (χ0v) is 38.0. The SMILES string of the molecule is CC(C[C@H](O[Si](C)(C)C(C)(C)C)C(=O)O)N(C)C(=O)NCc1cccc(F)c1F.CN(C(=O)NCc1cccc(F)c1F)C(CCCO)CO[Si](C)(C)C(C)(C)C. The molecule has 0 saturated carbocycles. The number of carbonyl (C=O) groups excluding carboxylic acids is 2. The smallest absolute Gasteiger partial charge is 0.331 e. The molecule has 0 radical (unpaired) electrons. The number of rotatable bonds is 17. The van der Waals surface area contributed by atoms with Gasteiger partial charge >= 0.3 is 18.0 Å². The Bertz CT molecular complexity index is 1620. The Morgan fingerprint density at radius 1 is 0.772 bits per heavy atom. The minimum atomic E-state index is -2.31. The third-order valence-corrected chi connectivity index (χ3v) is 20.0. The van der Waals surface area contributed by atoms with E-state index in [1.807, 2.05) is 33.9 Å². The first-order valence-corrected chi connectivity index (χ1v) is 24.9. The summed E-state index contributed by atoms with van der Waals surface area (Å²) in [5.41, 5.74) is 0.121. The molecule has 0 aliphatic heterocycles. The van der Waals surface area contributed by atoms with Crippen LogP contribution in [0.25, 0.3) is 0 Å². The Balaban J connectivity index is 0.000000570. The van der Waals surface area contributed by atoms with Gasteiger partial charge in [0.1, 0.15) is 6.10 Å². The summed E-state index contributed by atoms with van der Waals surface area (Å²) >= 11 is 0. The highest BCUT2D eigenvalue weighted by Gasteiger charge is 2.41. The zero-order chi connectivity index (χ0) is 44.1. The predicted octanol–water partition coefficient (Wildman–Crippen LogP) is 8.63. The van der Waals surface area contributed by atoms with Crippen molar-refractivity contribution < 1.29 is 51.0 Å². The Labute approximate surface area is 338 Å². The molecule has 3 atom stereocenters. The van der Waals surface area contributed by atoms with Crippen molar-refractivity contribution in [1.82, 2.24) is 20.4 Å². The van der Waals surface area contributed by atoms with E-state index in [-0.39, 0.29) is 53.4 Å². The summed E-state index contributed by atoms with van der Waals surface area (Å²) in [4.78, 5) is 39.5. The van der Waals surface area contributed by atoms with Crippen molar-refractivity contribution in [3.8, 4) is 0 Å². The van der Waals surface area contributed by atoms with E-state index < -0.39 is 70.1 Å². The first-order valence-electron chi connectivity index (χ1n) is 19.1. The molecule has 2 unspecified atom stereocenters. The van der Waals surface area contributed by atoms with Gasteiger partial charge in [0.25, 0.3) is 0 Å². The summed E-state index contributed by atoms with van der Waals surface area (Å²) in [6.07, 6.45) is 0.201. The summed E-state index contributed by atoms with van der Waals surface area (Å²) in [6, 6.07) is 6.04. The van der Waals surface area contributed by atoms with Gasteiger partial charge in [0.2, 0.25) is 0 Å². The number of halogens is 4. The van der Waals surface area contributed by atoms with Crippen molar-refractivity contribution in [3.63, 3.8) is 0 Å². The fourth-order valence-electron chi connectivity index (χ4n) is 4.76. The van der Waals surface area contributed by atoms with Crippen LogP contribution in [-0.2, 0) is 26.7 Å². The predicted molar refractivity (Wildman–Crippen MR) is 220 cm³/mol. The number of urea groups is 2. The summed E-state index contributed by atoms with van der Waals surface area (Å²) in [5, 5.41) is 23.8. The molecule has 0 aromatic heterocycles. The topological polar surface area (TPSA) is 141 Å². The summed E-state index contributed by atoms with van der Waals surface area (Å²) in [7, 11) is -1.12. The number of benzene rings is 2. The first kappa shape index (κ1) is 51.5. The van der Waals surface area contributed by atoms with Crippen LogP contribution in [0.4, 0.5) is 27.2 Å². The number of aliphatic hydroxyl groups excluding tert-OH is 1. The molecule has 0 aliphatic rings. The number of hydrogen-bond acceptors (Lipinski definition) is 6. The molecular formula is C40H66F4N4O7Si2. The standard InChI is InChI=1S/C20H32F2N2O4Si.C20H34F2N2O3Si/c1-13(11-16(18(25)26)28-29(6,7)20(2,3)4)24(5)19(27)23-12-14-9-8-10-15(21)17(14)22;1-20(2,3)28(5,6)27-14-16(10-8-12-25)24(4)19(26)23-13-15-9-7-11-17(21)18(15)22/h8-10,13,16H,11-12H2,1-7H3,(H,23,27)(H,25,26);7,9,11,16,25H,8,10,12-14H2,1-6H3,(H,23,26)/t13?,16-;/m0./s1. The van der Waals surface area contributed by atoms with Crippen LogP contribution in [-0.4, -0.2) is 100 Å². The average molecular weight is 847 g/mol. The van der Waals surface area contributed by atoms with Gasteiger partial charge in [-0.25, -0.2) is 31.9 Å². The van der Waals surface area contributed by atoms with Gasteiger partial charge in [-0.15, -0.1) is 0 Å². The molecule has 0 saturated heterocycles. The molecule has 2 aromatic rings. The number of carbonyl (C=O) groups is 3. The average Bonchev–Trinajstić information content (AvgIpc) is 3.10. The number of hydrogen-bond donors (Lipinski definition) is 4. The van der Waals surface area contributed by atoms with Gasteiger partial charge in [-0.05, 0) is 68.2 Å². The Hall–Kier alpha value is -3.52. The fourth-order valence-corrected chi connectivity index (χ4v) is 7.07. The van der Waals surface area contributed by atoms with E-state index in [1.54, 1.807) is 14.0 Å². The number of carboxylic acids is 1. The third kappa shape index (κ3) is 16.0. The van der Waals surface area contributed by atoms with Gasteiger partial charge in [-0.2, -0.15) is 0 Å². The lowest BCUT2D eigenvalue weighted by Crippen LogP contribution is -2.49. The molecule has 0 heterocycles. The lowest BCUT2D eigenvalue weighted by molar-refractivity contribution is -0.146. The van der Waals surface area contributed by atoms with Gasteiger partial charge in [0.15, 0.2) is 39.9 Å². The van der Waals surface area contributed by atoms with Crippen LogP contribution in [0, 0.1) is 23.3 Å². The largest absolute Gasteiger partial charge is 0.479 e. The van der Waals surface area contributed by atoms with Crippen molar-refractivity contribution in [1.29, 1.82) is 0 Å². The molecule has 2 rings (SSSR count). The van der Waals surface area contributed by atoms with Gasteiger partial charge in [-0.1, -0.05) is 65.8 Å². The van der Waals surface area contributed by atoms with E-state index in [9.17, 15) is 42.2 Å². The number of aliphatic hydroxyl groups is 1. The van der Waals surface area contributed by atoms with Crippen LogP contribution < -0.4 is 10.6 Å². The number of nitrogens with one attached hydrogen (secondary N) is 2. The van der Waals surface area contributed by atoms with Gasteiger partial charge in [0.05, 0.1) is 12.6 Å². The van der Waals surface area contributed by atoms with Crippen LogP contribution in [0.15, 0.2) is 36.4 Å². The molecule has 0 spiro atoms. The van der Waals surface area contributed by atoms with Crippen molar-refractivity contribution >= 4 is 34.7 Å². The molecule has 17 heteroatoms. The quantitative estimate of drug-likeness (QED) is 0.0924. The third-order valence-electron chi connectivity index (χ3n) is 11.0. The maximum Gasteiger partial charge on any atom is 0.331 e. The summed E-state index contributed by atoms with van der Waals surface area (Å²) < 4.78 is 66.3. The Kier molecular flexibility index (Phi) is 19.9. The molecule has 11 nitrogen and oxygen atoms in total. The fraction of sp³-hybridized carbons (Fsp3) is 0.625. The zero-order valence-electron chi connectivity index (χ0n) is 36.0. The highest BCUT2D eigenvalue weighted by molar-refractivity contribution is 6.74. The minimum Gasteiger partial charge on any atom is -0.479 e. The van der Waals surface area contributed by atoms with E-state index in [1.165, 1.54) is 41.1 Å². The summed E-state index contributed by atoms with van der Waals surface area (Å²) in [6.45, 7) is 22.5. The van der Waals surface area contributed by atoms with E-state index >= 15 is 0 Å². The molecule has 57 heavy (non-hydrogen) atoms. The molecular weight excluding hydrogens is 781 g/mol. The second kappa shape index (κ2) is 22.0. The van der Waals surface area contributed by atoms with Crippen molar-refractivity contribution in [2.45, 2.75) is 135 Å². The number of amides is 4. The van der Waals surface area contributed by atoms with E-state index in [0.717, 1.165) is 12.1 Å². The maximum atomic E-state index is 13.8. The summed E-state index contributed by atoms with van der Waals surface area (Å²) in [5.74, 6) is -4.95. The van der Waals surface area contributed by atoms with Crippen molar-refractivity contribution in [2.75, 3.05) is 27.3 Å². The monoisotopic (exact) mass is 846 g/mol. The van der Waals surface area contributed by atoms with Crippen molar-refractivity contribution in [3.05, 3.63) is 70.8 Å². The number of nitrogens with zero attached hydrogens (tertiary/aromatic N) is 2. The highest BCUT2D eigenvalue weighted by atomic mass is 28.4. The first-order chi connectivity index (χ1) is 26.1. The number of carboxylic acid groups (broad SMARTS) is 1. The Morgan fingerprint density at radius 3 is 1.61 bits per heavy atom.